The summed E-state index contributed by atoms with van der Waals surface area (Å²) in [6.07, 6.45) is 1.58. The van der Waals surface area contributed by atoms with Gasteiger partial charge in [0.25, 0.3) is 5.56 Å². The van der Waals surface area contributed by atoms with E-state index in [0.717, 1.165) is 17.9 Å². The maximum atomic E-state index is 12.0. The maximum Gasteiger partial charge on any atom is 0.274 e. The molecule has 0 atom stereocenters. The summed E-state index contributed by atoms with van der Waals surface area (Å²) in [6, 6.07) is 6.96. The quantitative estimate of drug-likeness (QED) is 0.766. The molecule has 98 valence electrons. The Bertz CT molecular complexity index is 768. The van der Waals surface area contributed by atoms with Gasteiger partial charge in [0, 0.05) is 30.9 Å². The molecule has 0 unspecified atom stereocenters. The van der Waals surface area contributed by atoms with Gasteiger partial charge < -0.3 is 14.7 Å². The lowest BCUT2D eigenvalue weighted by atomic mass is 10.3. The van der Waals surface area contributed by atoms with Crippen molar-refractivity contribution in [2.75, 3.05) is 0 Å². The molecule has 0 spiro atoms. The van der Waals surface area contributed by atoms with Crippen LogP contribution in [-0.2, 0) is 13.1 Å². The number of hydrogen-bond acceptors (Lipinski definition) is 4. The zero-order chi connectivity index (χ0) is 13.4. The largest absolute Gasteiger partial charge is 0.463 e. The van der Waals surface area contributed by atoms with Gasteiger partial charge in [-0.25, -0.2) is 0 Å². The van der Waals surface area contributed by atoms with Crippen LogP contribution >= 0.6 is 0 Å². The van der Waals surface area contributed by atoms with E-state index in [1.807, 2.05) is 23.6 Å². The molecule has 0 aliphatic carbocycles. The number of aryl methyl sites for hydroxylation is 1. The van der Waals surface area contributed by atoms with Crippen molar-refractivity contribution in [2.45, 2.75) is 20.0 Å². The first-order chi connectivity index (χ1) is 9.24. The molecule has 3 heterocycles. The number of furan rings is 1. The summed E-state index contributed by atoms with van der Waals surface area (Å²) in [4.78, 5) is 12.0. The van der Waals surface area contributed by atoms with E-state index in [0.29, 0.717) is 18.0 Å². The Morgan fingerprint density at radius 3 is 2.89 bits per heavy atom. The minimum absolute atomic E-state index is 0.182. The van der Waals surface area contributed by atoms with Gasteiger partial charge >= 0.3 is 0 Å². The second-order valence-corrected chi connectivity index (χ2v) is 4.20. The standard InChI is InChI=1S/C13H14N4O2/c1-2-16-9(8-14)6-13(18)17-12(16)7-10(15-17)11-4-3-5-19-11/h3-7H,2,8,14H2,1H3. The first kappa shape index (κ1) is 11.7. The zero-order valence-corrected chi connectivity index (χ0v) is 10.5. The van der Waals surface area contributed by atoms with Crippen molar-refractivity contribution >= 4 is 5.65 Å². The van der Waals surface area contributed by atoms with Crippen molar-refractivity contribution in [3.8, 4) is 11.5 Å². The summed E-state index contributed by atoms with van der Waals surface area (Å²) >= 11 is 0. The van der Waals surface area contributed by atoms with Crippen LogP contribution < -0.4 is 11.3 Å². The van der Waals surface area contributed by atoms with Crippen LogP contribution in [0.5, 0.6) is 0 Å². The number of nitrogens with zero attached hydrogens (tertiary/aromatic N) is 3. The highest BCUT2D eigenvalue weighted by Crippen LogP contribution is 2.19. The molecule has 0 aliphatic heterocycles. The third kappa shape index (κ3) is 1.77. The maximum absolute atomic E-state index is 12.0. The normalized spacial score (nSPS) is 11.3. The van der Waals surface area contributed by atoms with E-state index in [1.165, 1.54) is 10.6 Å². The summed E-state index contributed by atoms with van der Waals surface area (Å²) in [6.45, 7) is 3.05. The summed E-state index contributed by atoms with van der Waals surface area (Å²) < 4.78 is 8.66. The Balaban J connectivity index is 2.33. The van der Waals surface area contributed by atoms with E-state index in [-0.39, 0.29) is 5.56 Å². The summed E-state index contributed by atoms with van der Waals surface area (Å²) in [5.41, 5.74) is 7.66. The average Bonchev–Trinajstić information content (AvgIpc) is 3.07. The predicted octanol–water partition coefficient (Wildman–Crippen LogP) is 1.23. The lowest BCUT2D eigenvalue weighted by Gasteiger charge is -2.10. The van der Waals surface area contributed by atoms with Gasteiger partial charge in [-0.15, -0.1) is 0 Å². The first-order valence-corrected chi connectivity index (χ1v) is 6.11. The predicted molar refractivity (Wildman–Crippen MR) is 70.7 cm³/mol. The van der Waals surface area contributed by atoms with E-state index in [2.05, 4.69) is 5.10 Å². The van der Waals surface area contributed by atoms with Crippen LogP contribution in [-0.4, -0.2) is 14.2 Å². The molecule has 0 radical (unpaired) electrons. The van der Waals surface area contributed by atoms with Crippen LogP contribution in [0.1, 0.15) is 12.6 Å². The topological polar surface area (TPSA) is 78.5 Å². The van der Waals surface area contributed by atoms with Crippen LogP contribution in [0, 0.1) is 0 Å². The first-order valence-electron chi connectivity index (χ1n) is 6.11. The van der Waals surface area contributed by atoms with Crippen molar-refractivity contribution in [3.63, 3.8) is 0 Å². The van der Waals surface area contributed by atoms with E-state index >= 15 is 0 Å². The molecule has 3 rings (SSSR count). The Hall–Kier alpha value is -2.34. The molecule has 3 aromatic heterocycles. The summed E-state index contributed by atoms with van der Waals surface area (Å²) in [7, 11) is 0. The number of nitrogens with two attached hydrogens (primary N) is 1. The molecule has 0 aromatic carbocycles. The Kier molecular flexibility index (Phi) is 2.72. The van der Waals surface area contributed by atoms with Crippen LogP contribution in [0.25, 0.3) is 17.1 Å². The minimum atomic E-state index is -0.182. The molecule has 0 saturated heterocycles. The Morgan fingerprint density at radius 1 is 1.42 bits per heavy atom. The fourth-order valence-corrected chi connectivity index (χ4v) is 2.23. The molecule has 0 aliphatic rings. The number of fused-ring (bicyclic) bond motifs is 1. The van der Waals surface area contributed by atoms with Crippen molar-refractivity contribution in [1.29, 1.82) is 0 Å². The molecule has 6 heteroatoms. The zero-order valence-electron chi connectivity index (χ0n) is 10.5. The fraction of sp³-hybridized carbons (Fsp3) is 0.231. The van der Waals surface area contributed by atoms with E-state index in [9.17, 15) is 4.79 Å². The molecule has 0 fully saturated rings. The minimum Gasteiger partial charge on any atom is -0.463 e. The smallest absolute Gasteiger partial charge is 0.274 e. The van der Waals surface area contributed by atoms with Gasteiger partial charge in [-0.3, -0.25) is 4.79 Å². The van der Waals surface area contributed by atoms with Crippen molar-refractivity contribution in [3.05, 3.63) is 46.6 Å². The molecule has 6 nitrogen and oxygen atoms in total. The van der Waals surface area contributed by atoms with Gasteiger partial charge in [0.2, 0.25) is 0 Å². The van der Waals surface area contributed by atoms with E-state index < -0.39 is 0 Å². The second-order valence-electron chi connectivity index (χ2n) is 4.20. The van der Waals surface area contributed by atoms with Crippen LogP contribution in [0.3, 0.4) is 0 Å². The van der Waals surface area contributed by atoms with Gasteiger partial charge in [0.05, 0.1) is 6.26 Å². The van der Waals surface area contributed by atoms with Crippen molar-refractivity contribution < 1.29 is 4.42 Å². The fourth-order valence-electron chi connectivity index (χ4n) is 2.23. The van der Waals surface area contributed by atoms with E-state index in [4.69, 9.17) is 10.2 Å². The molecule has 0 amide bonds. The third-order valence-corrected chi connectivity index (χ3v) is 3.11. The second kappa shape index (κ2) is 4.40. The molecule has 3 aromatic rings. The van der Waals surface area contributed by atoms with Gasteiger partial charge in [-0.1, -0.05) is 0 Å². The summed E-state index contributed by atoms with van der Waals surface area (Å²) in [5, 5.41) is 4.29. The van der Waals surface area contributed by atoms with Crippen LogP contribution in [0.4, 0.5) is 0 Å². The lowest BCUT2D eigenvalue weighted by molar-refractivity contribution is 0.579. The van der Waals surface area contributed by atoms with Gasteiger partial charge in [0.1, 0.15) is 11.3 Å². The number of rotatable bonds is 3. The highest BCUT2D eigenvalue weighted by molar-refractivity contribution is 5.59. The molecule has 0 saturated carbocycles. The van der Waals surface area contributed by atoms with Gasteiger partial charge in [0.15, 0.2) is 5.76 Å². The number of aromatic nitrogens is 3. The Morgan fingerprint density at radius 2 is 2.26 bits per heavy atom. The molecular formula is C13H14N4O2. The van der Waals surface area contributed by atoms with Gasteiger partial charge in [-0.2, -0.15) is 9.61 Å². The van der Waals surface area contributed by atoms with Gasteiger partial charge in [-0.05, 0) is 19.1 Å². The summed E-state index contributed by atoms with van der Waals surface area (Å²) in [5.74, 6) is 0.639. The Labute approximate surface area is 109 Å². The van der Waals surface area contributed by atoms with Crippen LogP contribution in [0.15, 0.2) is 39.7 Å². The molecule has 0 bridgehead atoms. The highest BCUT2D eigenvalue weighted by Gasteiger charge is 2.13. The highest BCUT2D eigenvalue weighted by atomic mass is 16.3. The van der Waals surface area contributed by atoms with Crippen molar-refractivity contribution in [1.82, 2.24) is 14.2 Å². The monoisotopic (exact) mass is 258 g/mol. The SMILES string of the molecule is CCn1c(CN)cc(=O)n2nc(-c3ccco3)cc12. The molecule has 2 N–H and O–H groups in total. The lowest BCUT2D eigenvalue weighted by Crippen LogP contribution is -2.22. The van der Waals surface area contributed by atoms with E-state index in [1.54, 1.807) is 12.3 Å². The number of hydrogen-bond donors (Lipinski definition) is 1. The van der Waals surface area contributed by atoms with Crippen LogP contribution in [0.2, 0.25) is 0 Å². The molecule has 19 heavy (non-hydrogen) atoms. The molecular weight excluding hydrogens is 244 g/mol. The average molecular weight is 258 g/mol. The van der Waals surface area contributed by atoms with Crippen molar-refractivity contribution in [2.24, 2.45) is 5.73 Å². The third-order valence-electron chi connectivity index (χ3n) is 3.11.